The fourth-order valence-electron chi connectivity index (χ4n) is 2.34. The van der Waals surface area contributed by atoms with Crippen LogP contribution in [0.5, 0.6) is 0 Å². The molecule has 20 heavy (non-hydrogen) atoms. The highest BCUT2D eigenvalue weighted by atomic mass is 16.5. The number of primary amides is 1. The Hall–Kier alpha value is -2.63. The summed E-state index contributed by atoms with van der Waals surface area (Å²) < 4.78 is 4.76. The van der Waals surface area contributed by atoms with E-state index in [0.717, 1.165) is 12.0 Å². The average Bonchev–Trinajstić information content (AvgIpc) is 2.94. The number of hydrogen-bond donors (Lipinski definition) is 1. The van der Waals surface area contributed by atoms with Gasteiger partial charge in [0.15, 0.2) is 0 Å². The van der Waals surface area contributed by atoms with Gasteiger partial charge in [0.1, 0.15) is 12.0 Å². The van der Waals surface area contributed by atoms with Gasteiger partial charge in [0.2, 0.25) is 5.91 Å². The van der Waals surface area contributed by atoms with Crippen molar-refractivity contribution in [2.24, 2.45) is 5.73 Å². The maximum absolute atomic E-state index is 12.4. The lowest BCUT2D eigenvalue weighted by Gasteiger charge is -2.28. The van der Waals surface area contributed by atoms with Gasteiger partial charge in [-0.25, -0.2) is 0 Å². The molecule has 1 aromatic heterocycles. The van der Waals surface area contributed by atoms with Gasteiger partial charge in [-0.3, -0.25) is 9.59 Å². The topological polar surface area (TPSA) is 89.4 Å². The summed E-state index contributed by atoms with van der Waals surface area (Å²) in [6.45, 7) is 1.02. The number of nitrogens with two attached hydrogens (primary N) is 1. The van der Waals surface area contributed by atoms with Gasteiger partial charge in [0, 0.05) is 23.7 Å². The van der Waals surface area contributed by atoms with Crippen LogP contribution in [-0.2, 0) is 13.0 Å². The summed E-state index contributed by atoms with van der Waals surface area (Å²) in [6.07, 6.45) is 2.22. The minimum atomic E-state index is -0.533. The van der Waals surface area contributed by atoms with Gasteiger partial charge in [-0.2, -0.15) is 0 Å². The molecule has 0 bridgehead atoms. The van der Waals surface area contributed by atoms with Gasteiger partial charge in [-0.1, -0.05) is 11.2 Å². The molecule has 1 aliphatic heterocycles. The molecule has 0 fully saturated rings. The standard InChI is InChI=1S/C14H13N3O3/c15-13(18)10-2-1-9-3-5-17(14(19)12(9)7-10)8-11-4-6-20-16-11/h1-2,4,6-7H,3,5,8H2,(H2,15,18). The highest BCUT2D eigenvalue weighted by Gasteiger charge is 2.25. The van der Waals surface area contributed by atoms with Crippen LogP contribution in [0, 0.1) is 0 Å². The monoisotopic (exact) mass is 271 g/mol. The fraction of sp³-hybridized carbons (Fsp3) is 0.214. The number of benzene rings is 1. The average molecular weight is 271 g/mol. The molecular formula is C14H13N3O3. The SMILES string of the molecule is NC(=O)c1ccc2c(c1)C(=O)N(Cc1ccon1)CC2. The summed E-state index contributed by atoms with van der Waals surface area (Å²) in [6, 6.07) is 6.74. The predicted molar refractivity (Wildman–Crippen MR) is 69.9 cm³/mol. The van der Waals surface area contributed by atoms with E-state index in [2.05, 4.69) is 5.16 Å². The smallest absolute Gasteiger partial charge is 0.254 e. The second-order valence-electron chi connectivity index (χ2n) is 4.70. The third-order valence-electron chi connectivity index (χ3n) is 3.41. The van der Waals surface area contributed by atoms with Gasteiger partial charge in [0.05, 0.1) is 6.54 Å². The zero-order valence-corrected chi connectivity index (χ0v) is 10.7. The summed E-state index contributed by atoms with van der Waals surface area (Å²) in [5.41, 5.74) is 7.78. The molecule has 0 spiro atoms. The minimum Gasteiger partial charge on any atom is -0.366 e. The van der Waals surface area contributed by atoms with E-state index in [0.29, 0.717) is 29.9 Å². The Morgan fingerprint density at radius 3 is 2.95 bits per heavy atom. The molecule has 2 aromatic rings. The molecular weight excluding hydrogens is 258 g/mol. The van der Waals surface area contributed by atoms with E-state index < -0.39 is 5.91 Å². The normalized spacial score (nSPS) is 14.2. The van der Waals surface area contributed by atoms with Crippen molar-refractivity contribution in [3.63, 3.8) is 0 Å². The van der Waals surface area contributed by atoms with Crippen LogP contribution in [0.2, 0.25) is 0 Å². The molecule has 2 heterocycles. The number of fused-ring (bicyclic) bond motifs is 1. The quantitative estimate of drug-likeness (QED) is 0.900. The first-order valence-electron chi connectivity index (χ1n) is 6.26. The zero-order chi connectivity index (χ0) is 14.1. The maximum Gasteiger partial charge on any atom is 0.254 e. The Balaban J connectivity index is 1.89. The molecule has 0 saturated carbocycles. The number of amides is 2. The van der Waals surface area contributed by atoms with Crippen molar-refractivity contribution in [1.29, 1.82) is 0 Å². The first-order chi connectivity index (χ1) is 9.65. The van der Waals surface area contributed by atoms with Crippen molar-refractivity contribution in [2.75, 3.05) is 6.54 Å². The summed E-state index contributed by atoms with van der Waals surface area (Å²) in [5, 5.41) is 3.80. The van der Waals surface area contributed by atoms with Crippen molar-refractivity contribution in [2.45, 2.75) is 13.0 Å². The van der Waals surface area contributed by atoms with E-state index in [1.54, 1.807) is 29.2 Å². The fourth-order valence-corrected chi connectivity index (χ4v) is 2.34. The molecule has 3 rings (SSSR count). The van der Waals surface area contributed by atoms with Crippen LogP contribution in [-0.4, -0.2) is 28.4 Å². The second-order valence-corrected chi connectivity index (χ2v) is 4.70. The Labute approximate surface area is 115 Å². The molecule has 102 valence electrons. The number of aromatic nitrogens is 1. The summed E-state index contributed by atoms with van der Waals surface area (Å²) in [7, 11) is 0. The van der Waals surface area contributed by atoms with Crippen molar-refractivity contribution in [1.82, 2.24) is 10.1 Å². The van der Waals surface area contributed by atoms with Crippen LogP contribution in [0.1, 0.15) is 32.0 Å². The molecule has 0 aliphatic carbocycles. The van der Waals surface area contributed by atoms with Crippen LogP contribution in [0.3, 0.4) is 0 Å². The van der Waals surface area contributed by atoms with Gasteiger partial charge < -0.3 is 15.2 Å². The third kappa shape index (κ3) is 2.16. The lowest BCUT2D eigenvalue weighted by Crippen LogP contribution is -2.37. The molecule has 6 heteroatoms. The number of carbonyl (C=O) groups excluding carboxylic acids is 2. The van der Waals surface area contributed by atoms with Crippen molar-refractivity contribution in [3.8, 4) is 0 Å². The van der Waals surface area contributed by atoms with Crippen LogP contribution in [0.15, 0.2) is 35.1 Å². The molecule has 1 aliphatic rings. The van der Waals surface area contributed by atoms with E-state index in [9.17, 15) is 9.59 Å². The highest BCUT2D eigenvalue weighted by molar-refractivity contribution is 6.00. The number of carbonyl (C=O) groups is 2. The van der Waals surface area contributed by atoms with Crippen LogP contribution >= 0.6 is 0 Å². The molecule has 2 N–H and O–H groups in total. The number of hydrogen-bond acceptors (Lipinski definition) is 4. The largest absolute Gasteiger partial charge is 0.366 e. The van der Waals surface area contributed by atoms with E-state index in [1.165, 1.54) is 6.26 Å². The highest BCUT2D eigenvalue weighted by Crippen LogP contribution is 2.21. The molecule has 0 saturated heterocycles. The van der Waals surface area contributed by atoms with Gasteiger partial charge in [-0.15, -0.1) is 0 Å². The van der Waals surface area contributed by atoms with Crippen LogP contribution in [0.25, 0.3) is 0 Å². The Morgan fingerprint density at radius 1 is 1.40 bits per heavy atom. The lowest BCUT2D eigenvalue weighted by molar-refractivity contribution is 0.0723. The molecule has 1 aromatic carbocycles. The van der Waals surface area contributed by atoms with Gasteiger partial charge in [0.25, 0.3) is 5.91 Å². The minimum absolute atomic E-state index is 0.114. The van der Waals surface area contributed by atoms with Gasteiger partial charge >= 0.3 is 0 Å². The third-order valence-corrected chi connectivity index (χ3v) is 3.41. The van der Waals surface area contributed by atoms with E-state index in [-0.39, 0.29) is 5.91 Å². The molecule has 0 atom stereocenters. The molecule has 2 amide bonds. The number of nitrogens with zero attached hydrogens (tertiary/aromatic N) is 2. The summed E-state index contributed by atoms with van der Waals surface area (Å²) in [4.78, 5) is 25.3. The van der Waals surface area contributed by atoms with E-state index in [4.69, 9.17) is 10.3 Å². The van der Waals surface area contributed by atoms with Crippen LogP contribution < -0.4 is 5.73 Å². The van der Waals surface area contributed by atoms with Gasteiger partial charge in [-0.05, 0) is 24.1 Å². The van der Waals surface area contributed by atoms with E-state index >= 15 is 0 Å². The summed E-state index contributed by atoms with van der Waals surface area (Å²) in [5.74, 6) is -0.647. The molecule has 0 unspecified atom stereocenters. The summed E-state index contributed by atoms with van der Waals surface area (Å²) >= 11 is 0. The van der Waals surface area contributed by atoms with E-state index in [1.807, 2.05) is 0 Å². The first-order valence-corrected chi connectivity index (χ1v) is 6.26. The Bertz CT molecular complexity index is 664. The van der Waals surface area contributed by atoms with Crippen molar-refractivity contribution >= 4 is 11.8 Å². The number of rotatable bonds is 3. The Morgan fingerprint density at radius 2 is 2.25 bits per heavy atom. The second kappa shape index (κ2) is 4.80. The van der Waals surface area contributed by atoms with Crippen molar-refractivity contribution in [3.05, 3.63) is 52.9 Å². The molecule has 6 nitrogen and oxygen atoms in total. The molecule has 0 radical (unpaired) electrons. The Kier molecular flexibility index (Phi) is 2.98. The van der Waals surface area contributed by atoms with Crippen LogP contribution in [0.4, 0.5) is 0 Å². The first kappa shape index (κ1) is 12.4. The lowest BCUT2D eigenvalue weighted by atomic mass is 9.96. The predicted octanol–water partition coefficient (Wildman–Crippen LogP) is 0.972. The maximum atomic E-state index is 12.4. The zero-order valence-electron chi connectivity index (χ0n) is 10.7. The van der Waals surface area contributed by atoms with Crippen molar-refractivity contribution < 1.29 is 14.1 Å².